The van der Waals surface area contributed by atoms with Gasteiger partial charge in [-0.25, -0.2) is 4.39 Å². The molecule has 1 aliphatic rings. The zero-order valence-corrected chi connectivity index (χ0v) is 17.5. The van der Waals surface area contributed by atoms with Gasteiger partial charge in [-0.05, 0) is 62.7 Å². The molecule has 3 aromatic rings. The molecular weight excluding hydrogens is 405 g/mol. The molecular formula is C23H23ClFN3O2. The van der Waals surface area contributed by atoms with Crippen molar-refractivity contribution in [3.63, 3.8) is 0 Å². The highest BCUT2D eigenvalue weighted by atomic mass is 35.5. The van der Waals surface area contributed by atoms with E-state index < -0.39 is 11.7 Å². The molecule has 156 valence electrons. The van der Waals surface area contributed by atoms with E-state index in [1.54, 1.807) is 13.0 Å². The van der Waals surface area contributed by atoms with Gasteiger partial charge in [0.1, 0.15) is 22.8 Å². The average Bonchev–Trinajstić information content (AvgIpc) is 3.10. The first-order valence-corrected chi connectivity index (χ1v) is 10.4. The van der Waals surface area contributed by atoms with Gasteiger partial charge in [0.25, 0.3) is 5.91 Å². The van der Waals surface area contributed by atoms with Crippen LogP contribution in [-0.4, -0.2) is 29.1 Å². The van der Waals surface area contributed by atoms with Crippen molar-refractivity contribution in [3.8, 4) is 11.3 Å². The van der Waals surface area contributed by atoms with Gasteiger partial charge in [0.15, 0.2) is 0 Å². The third kappa shape index (κ3) is 4.40. The van der Waals surface area contributed by atoms with Crippen LogP contribution in [0, 0.1) is 12.7 Å². The molecule has 7 heteroatoms. The summed E-state index contributed by atoms with van der Waals surface area (Å²) in [5, 5.41) is 6.95. The number of carbonyl (C=O) groups is 1. The summed E-state index contributed by atoms with van der Waals surface area (Å²) in [6.07, 6.45) is 3.74. The number of anilines is 1. The van der Waals surface area contributed by atoms with E-state index in [1.165, 1.54) is 31.4 Å². The lowest BCUT2D eigenvalue weighted by atomic mass is 10.0. The zero-order valence-electron chi connectivity index (χ0n) is 16.8. The fourth-order valence-corrected chi connectivity index (χ4v) is 4.10. The highest BCUT2D eigenvalue weighted by Crippen LogP contribution is 2.33. The van der Waals surface area contributed by atoms with E-state index in [0.717, 1.165) is 25.2 Å². The Kier molecular flexibility index (Phi) is 6.16. The van der Waals surface area contributed by atoms with Gasteiger partial charge in [0.05, 0.1) is 10.6 Å². The first kappa shape index (κ1) is 20.6. The number of aryl methyl sites for hydroxylation is 1. The molecule has 1 saturated heterocycles. The summed E-state index contributed by atoms with van der Waals surface area (Å²) < 4.78 is 19.6. The van der Waals surface area contributed by atoms with Crippen LogP contribution in [0.2, 0.25) is 5.02 Å². The standard InChI is InChI=1S/C23H23ClFN3O2/c1-15-20(22(27-30-15)21-18(24)9-6-10-19(21)25)23(29)26-17-8-5-7-16(13-17)14-28-11-3-2-4-12-28/h5-10,13H,2-4,11-12,14H2,1H3,(H,26,29). The van der Waals surface area contributed by atoms with Crippen molar-refractivity contribution in [2.24, 2.45) is 0 Å². The second-order valence-electron chi connectivity index (χ2n) is 7.55. The molecule has 5 nitrogen and oxygen atoms in total. The van der Waals surface area contributed by atoms with Crippen LogP contribution in [-0.2, 0) is 6.54 Å². The largest absolute Gasteiger partial charge is 0.360 e. The minimum Gasteiger partial charge on any atom is -0.360 e. The van der Waals surface area contributed by atoms with Gasteiger partial charge in [-0.3, -0.25) is 9.69 Å². The molecule has 2 aromatic carbocycles. The Morgan fingerprint density at radius 1 is 1.20 bits per heavy atom. The molecule has 1 aliphatic heterocycles. The highest BCUT2D eigenvalue weighted by Gasteiger charge is 2.25. The molecule has 1 fully saturated rings. The molecule has 0 aliphatic carbocycles. The molecule has 0 atom stereocenters. The van der Waals surface area contributed by atoms with Crippen LogP contribution >= 0.6 is 11.6 Å². The normalized spacial score (nSPS) is 14.6. The Labute approximate surface area is 179 Å². The average molecular weight is 428 g/mol. The number of hydrogen-bond donors (Lipinski definition) is 1. The lowest BCUT2D eigenvalue weighted by Crippen LogP contribution is -2.29. The molecule has 0 saturated carbocycles. The first-order chi connectivity index (χ1) is 14.5. The Hall–Kier alpha value is -2.70. The Balaban J connectivity index is 1.57. The zero-order chi connectivity index (χ0) is 21.1. The number of carbonyl (C=O) groups excluding carboxylic acids is 1. The summed E-state index contributed by atoms with van der Waals surface area (Å²) in [4.78, 5) is 15.5. The predicted molar refractivity (Wildman–Crippen MR) is 115 cm³/mol. The number of halogens is 2. The molecule has 1 aromatic heterocycles. The lowest BCUT2D eigenvalue weighted by molar-refractivity contribution is 0.102. The second kappa shape index (κ2) is 8.98. The highest BCUT2D eigenvalue weighted by molar-refractivity contribution is 6.33. The fraction of sp³-hybridized carbons (Fsp3) is 0.304. The fourth-order valence-electron chi connectivity index (χ4n) is 3.85. The molecule has 4 rings (SSSR count). The molecule has 30 heavy (non-hydrogen) atoms. The lowest BCUT2D eigenvalue weighted by Gasteiger charge is -2.26. The van der Waals surface area contributed by atoms with Gasteiger partial charge in [-0.2, -0.15) is 0 Å². The van der Waals surface area contributed by atoms with Crippen LogP contribution in [0.3, 0.4) is 0 Å². The molecule has 0 spiro atoms. The monoisotopic (exact) mass is 427 g/mol. The molecule has 0 radical (unpaired) electrons. The third-order valence-electron chi connectivity index (χ3n) is 5.33. The summed E-state index contributed by atoms with van der Waals surface area (Å²) in [5.74, 6) is -0.683. The smallest absolute Gasteiger partial charge is 0.261 e. The van der Waals surface area contributed by atoms with Crippen LogP contribution in [0.25, 0.3) is 11.3 Å². The van der Waals surface area contributed by atoms with E-state index in [9.17, 15) is 9.18 Å². The summed E-state index contributed by atoms with van der Waals surface area (Å²) in [5.41, 5.74) is 2.12. The second-order valence-corrected chi connectivity index (χ2v) is 7.96. The van der Waals surface area contributed by atoms with Crippen molar-refractivity contribution in [3.05, 3.63) is 70.2 Å². The molecule has 0 bridgehead atoms. The number of benzene rings is 2. The van der Waals surface area contributed by atoms with Gasteiger partial charge < -0.3 is 9.84 Å². The number of nitrogens with one attached hydrogen (secondary N) is 1. The van der Waals surface area contributed by atoms with Crippen molar-refractivity contribution in [1.29, 1.82) is 0 Å². The maximum absolute atomic E-state index is 14.4. The van der Waals surface area contributed by atoms with Gasteiger partial charge >= 0.3 is 0 Å². The van der Waals surface area contributed by atoms with Gasteiger partial charge in [-0.15, -0.1) is 0 Å². The summed E-state index contributed by atoms with van der Waals surface area (Å²) in [6, 6.07) is 12.1. The van der Waals surface area contributed by atoms with Crippen molar-refractivity contribution in [2.75, 3.05) is 18.4 Å². The van der Waals surface area contributed by atoms with E-state index in [1.807, 2.05) is 18.2 Å². The minimum atomic E-state index is -0.562. The maximum atomic E-state index is 14.4. The summed E-state index contributed by atoms with van der Waals surface area (Å²) in [7, 11) is 0. The molecule has 2 heterocycles. The van der Waals surface area contributed by atoms with Gasteiger partial charge in [0, 0.05) is 12.2 Å². The van der Waals surface area contributed by atoms with E-state index in [0.29, 0.717) is 11.4 Å². The van der Waals surface area contributed by atoms with Gasteiger partial charge in [0.2, 0.25) is 0 Å². The molecule has 0 unspecified atom stereocenters. The van der Waals surface area contributed by atoms with Crippen molar-refractivity contribution in [2.45, 2.75) is 32.7 Å². The van der Waals surface area contributed by atoms with Gasteiger partial charge in [-0.1, -0.05) is 41.4 Å². The SMILES string of the molecule is Cc1onc(-c2c(F)cccc2Cl)c1C(=O)Nc1cccc(CN2CCCCC2)c1. The first-order valence-electron chi connectivity index (χ1n) is 10.1. The Bertz CT molecular complexity index is 1040. The minimum absolute atomic E-state index is 0.0556. The maximum Gasteiger partial charge on any atom is 0.261 e. The van der Waals surface area contributed by atoms with E-state index >= 15 is 0 Å². The van der Waals surface area contributed by atoms with E-state index in [4.69, 9.17) is 16.1 Å². The number of likely N-dealkylation sites (tertiary alicyclic amines) is 1. The van der Waals surface area contributed by atoms with Crippen LogP contribution in [0.1, 0.15) is 40.9 Å². The summed E-state index contributed by atoms with van der Waals surface area (Å²) >= 11 is 6.17. The van der Waals surface area contributed by atoms with E-state index in [-0.39, 0.29) is 21.8 Å². The van der Waals surface area contributed by atoms with Crippen molar-refractivity contribution in [1.82, 2.24) is 10.1 Å². The quantitative estimate of drug-likeness (QED) is 0.569. The topological polar surface area (TPSA) is 58.4 Å². The van der Waals surface area contributed by atoms with Crippen molar-refractivity contribution < 1.29 is 13.7 Å². The van der Waals surface area contributed by atoms with Crippen LogP contribution in [0.15, 0.2) is 47.0 Å². The number of piperidine rings is 1. The van der Waals surface area contributed by atoms with Crippen LogP contribution in [0.4, 0.5) is 10.1 Å². The van der Waals surface area contributed by atoms with E-state index in [2.05, 4.69) is 21.4 Å². The Morgan fingerprint density at radius 3 is 2.73 bits per heavy atom. The van der Waals surface area contributed by atoms with Crippen LogP contribution < -0.4 is 5.32 Å². The number of rotatable bonds is 5. The number of nitrogens with zero attached hydrogens (tertiary/aromatic N) is 2. The number of amides is 1. The van der Waals surface area contributed by atoms with Crippen LogP contribution in [0.5, 0.6) is 0 Å². The summed E-state index contributed by atoms with van der Waals surface area (Å²) in [6.45, 7) is 4.67. The number of aromatic nitrogens is 1. The third-order valence-corrected chi connectivity index (χ3v) is 5.64. The van der Waals surface area contributed by atoms with Crippen molar-refractivity contribution >= 4 is 23.2 Å². The molecule has 1 N–H and O–H groups in total. The predicted octanol–water partition coefficient (Wildman–Crippen LogP) is 5.68. The number of hydrogen-bond acceptors (Lipinski definition) is 4. The Morgan fingerprint density at radius 2 is 1.97 bits per heavy atom. The molecule has 1 amide bonds.